The molecular weight excluding hydrogens is 440 g/mol. The molecule has 1 heterocycles. The van der Waals surface area contributed by atoms with E-state index in [1.54, 1.807) is 0 Å². The first-order chi connectivity index (χ1) is 15.0. The first-order valence-corrected chi connectivity index (χ1v) is 10.8. The van der Waals surface area contributed by atoms with Crippen molar-refractivity contribution in [2.24, 2.45) is 11.7 Å². The number of carbonyl (C=O) groups is 4. The number of thiol groups is 1. The number of carboxylic acids is 1. The standard InChI is InChI=1S/C19H32N6O6S/c1-4-9(2)14(20)18(29)24-13(7-32)17(28)23-12(5-11-6-21-8-22-11)16(27)25-15(10(3)26)19(30)31/h6,8-10,12-15,26,32H,4-5,7,20H2,1-3H3,(H,21,22)(H,23,28)(H,24,29)(H,25,27)(H,30,31). The van der Waals surface area contributed by atoms with Crippen molar-refractivity contribution in [1.29, 1.82) is 0 Å². The van der Waals surface area contributed by atoms with Crippen LogP contribution in [-0.4, -0.2) is 79.9 Å². The zero-order chi connectivity index (χ0) is 24.4. The number of carboxylic acid groups (broad SMARTS) is 1. The number of hydrogen-bond acceptors (Lipinski definition) is 8. The van der Waals surface area contributed by atoms with Gasteiger partial charge in [-0.25, -0.2) is 9.78 Å². The van der Waals surface area contributed by atoms with E-state index < -0.39 is 54.0 Å². The molecule has 0 aliphatic rings. The Hall–Kier alpha value is -2.64. The highest BCUT2D eigenvalue weighted by Crippen LogP contribution is 2.07. The Morgan fingerprint density at radius 2 is 1.72 bits per heavy atom. The molecule has 0 spiro atoms. The maximum absolute atomic E-state index is 12.8. The number of amides is 3. The van der Waals surface area contributed by atoms with Crippen LogP contribution in [0.15, 0.2) is 12.5 Å². The van der Waals surface area contributed by atoms with Gasteiger partial charge in [-0.2, -0.15) is 12.6 Å². The zero-order valence-electron chi connectivity index (χ0n) is 18.2. The molecule has 0 saturated heterocycles. The molecule has 32 heavy (non-hydrogen) atoms. The molecule has 8 N–H and O–H groups in total. The van der Waals surface area contributed by atoms with Crippen LogP contribution in [0, 0.1) is 5.92 Å². The molecule has 0 radical (unpaired) electrons. The number of aromatic nitrogens is 2. The van der Waals surface area contributed by atoms with E-state index in [1.165, 1.54) is 19.4 Å². The average Bonchev–Trinajstić information content (AvgIpc) is 3.26. The number of nitrogens with zero attached hydrogens (tertiary/aromatic N) is 1. The Bertz CT molecular complexity index is 774. The summed E-state index contributed by atoms with van der Waals surface area (Å²) in [6.07, 6.45) is 2.09. The molecule has 0 saturated carbocycles. The zero-order valence-corrected chi connectivity index (χ0v) is 19.1. The molecule has 12 nitrogen and oxygen atoms in total. The normalized spacial score (nSPS) is 16.7. The third-order valence-corrected chi connectivity index (χ3v) is 5.40. The average molecular weight is 473 g/mol. The van der Waals surface area contributed by atoms with Crippen molar-refractivity contribution in [2.75, 3.05) is 5.75 Å². The van der Waals surface area contributed by atoms with Gasteiger partial charge in [0, 0.05) is 24.1 Å². The van der Waals surface area contributed by atoms with Crippen LogP contribution in [0.2, 0.25) is 0 Å². The highest BCUT2D eigenvalue weighted by Gasteiger charge is 2.32. The van der Waals surface area contributed by atoms with Gasteiger partial charge in [-0.1, -0.05) is 20.3 Å². The van der Waals surface area contributed by atoms with E-state index in [0.29, 0.717) is 12.1 Å². The van der Waals surface area contributed by atoms with Gasteiger partial charge in [-0.15, -0.1) is 0 Å². The summed E-state index contributed by atoms with van der Waals surface area (Å²) in [5.74, 6) is -3.65. The van der Waals surface area contributed by atoms with E-state index in [-0.39, 0.29) is 18.1 Å². The van der Waals surface area contributed by atoms with Gasteiger partial charge in [0.15, 0.2) is 6.04 Å². The van der Waals surface area contributed by atoms with Crippen molar-refractivity contribution in [1.82, 2.24) is 25.9 Å². The predicted molar refractivity (Wildman–Crippen MR) is 119 cm³/mol. The minimum Gasteiger partial charge on any atom is -0.480 e. The predicted octanol–water partition coefficient (Wildman–Crippen LogP) is -1.82. The van der Waals surface area contributed by atoms with Gasteiger partial charge < -0.3 is 36.9 Å². The summed E-state index contributed by atoms with van der Waals surface area (Å²) in [4.78, 5) is 55.8. The largest absolute Gasteiger partial charge is 0.480 e. The molecular formula is C19H32N6O6S. The fourth-order valence-electron chi connectivity index (χ4n) is 2.71. The van der Waals surface area contributed by atoms with Crippen molar-refractivity contribution in [2.45, 2.75) is 63.9 Å². The molecule has 1 aromatic heterocycles. The number of carbonyl (C=O) groups excluding carboxylic acids is 3. The summed E-state index contributed by atoms with van der Waals surface area (Å²) in [6.45, 7) is 4.91. The summed E-state index contributed by atoms with van der Waals surface area (Å²) < 4.78 is 0. The molecule has 0 bridgehead atoms. The Morgan fingerprint density at radius 3 is 2.19 bits per heavy atom. The van der Waals surface area contributed by atoms with Crippen LogP contribution in [0.25, 0.3) is 0 Å². The molecule has 1 rings (SSSR count). The summed E-state index contributed by atoms with van der Waals surface area (Å²) >= 11 is 4.10. The first kappa shape index (κ1) is 27.4. The second kappa shape index (κ2) is 13.0. The van der Waals surface area contributed by atoms with E-state index in [1.807, 2.05) is 13.8 Å². The topological polar surface area (TPSA) is 200 Å². The number of rotatable bonds is 13. The van der Waals surface area contributed by atoms with E-state index in [0.717, 1.165) is 0 Å². The van der Waals surface area contributed by atoms with Crippen LogP contribution in [0.5, 0.6) is 0 Å². The van der Waals surface area contributed by atoms with Gasteiger partial charge in [0.25, 0.3) is 0 Å². The lowest BCUT2D eigenvalue weighted by atomic mass is 9.99. The smallest absolute Gasteiger partial charge is 0.328 e. The number of aliphatic hydroxyl groups excluding tert-OH is 1. The van der Waals surface area contributed by atoms with Crippen molar-refractivity contribution in [3.05, 3.63) is 18.2 Å². The van der Waals surface area contributed by atoms with Gasteiger partial charge in [0.05, 0.1) is 18.5 Å². The molecule has 0 aliphatic heterocycles. The van der Waals surface area contributed by atoms with E-state index >= 15 is 0 Å². The third kappa shape index (κ3) is 8.13. The van der Waals surface area contributed by atoms with Crippen LogP contribution in [0.1, 0.15) is 32.9 Å². The molecule has 180 valence electrons. The summed E-state index contributed by atoms with van der Waals surface area (Å²) in [6, 6.07) is -4.68. The van der Waals surface area contributed by atoms with Gasteiger partial charge >= 0.3 is 5.97 Å². The Labute approximate surface area is 191 Å². The highest BCUT2D eigenvalue weighted by molar-refractivity contribution is 7.80. The van der Waals surface area contributed by atoms with Crippen molar-refractivity contribution in [3.63, 3.8) is 0 Å². The van der Waals surface area contributed by atoms with Crippen molar-refractivity contribution < 1.29 is 29.4 Å². The quantitative estimate of drug-likeness (QED) is 0.153. The molecule has 6 unspecified atom stereocenters. The molecule has 0 fully saturated rings. The number of aromatic amines is 1. The van der Waals surface area contributed by atoms with Crippen LogP contribution in [-0.2, 0) is 25.6 Å². The lowest BCUT2D eigenvalue weighted by Gasteiger charge is -2.25. The summed E-state index contributed by atoms with van der Waals surface area (Å²) in [7, 11) is 0. The summed E-state index contributed by atoms with van der Waals surface area (Å²) in [5, 5.41) is 26.1. The fourth-order valence-corrected chi connectivity index (χ4v) is 2.97. The first-order valence-electron chi connectivity index (χ1n) is 10.2. The number of imidazole rings is 1. The number of aliphatic carboxylic acids is 1. The Morgan fingerprint density at radius 1 is 1.12 bits per heavy atom. The maximum Gasteiger partial charge on any atom is 0.328 e. The fraction of sp³-hybridized carbons (Fsp3) is 0.632. The van der Waals surface area contributed by atoms with Crippen LogP contribution < -0.4 is 21.7 Å². The lowest BCUT2D eigenvalue weighted by Crippen LogP contribution is -2.59. The highest BCUT2D eigenvalue weighted by atomic mass is 32.1. The van der Waals surface area contributed by atoms with Crippen molar-refractivity contribution >= 4 is 36.3 Å². The van der Waals surface area contributed by atoms with Gasteiger partial charge in [-0.3, -0.25) is 14.4 Å². The molecule has 0 aliphatic carbocycles. The molecule has 6 atom stereocenters. The summed E-state index contributed by atoms with van der Waals surface area (Å²) in [5.41, 5.74) is 6.40. The Kier molecular flexibility index (Phi) is 11.2. The van der Waals surface area contributed by atoms with Crippen LogP contribution >= 0.6 is 12.6 Å². The minimum absolute atomic E-state index is 0.0384. The molecule has 13 heteroatoms. The van der Waals surface area contributed by atoms with Gasteiger partial charge in [0.1, 0.15) is 12.1 Å². The molecule has 1 aromatic rings. The lowest BCUT2D eigenvalue weighted by molar-refractivity contribution is -0.145. The second-order valence-corrected chi connectivity index (χ2v) is 7.93. The number of nitrogens with two attached hydrogens (primary N) is 1. The molecule has 3 amide bonds. The monoisotopic (exact) mass is 472 g/mol. The van der Waals surface area contributed by atoms with Gasteiger partial charge in [0.2, 0.25) is 17.7 Å². The number of nitrogens with one attached hydrogen (secondary N) is 4. The van der Waals surface area contributed by atoms with Crippen molar-refractivity contribution in [3.8, 4) is 0 Å². The minimum atomic E-state index is -1.57. The number of H-pyrrole nitrogens is 1. The molecule has 0 aromatic carbocycles. The number of aliphatic hydroxyl groups is 1. The van der Waals surface area contributed by atoms with E-state index in [4.69, 9.17) is 5.73 Å². The van der Waals surface area contributed by atoms with Crippen LogP contribution in [0.3, 0.4) is 0 Å². The van der Waals surface area contributed by atoms with Gasteiger partial charge in [-0.05, 0) is 12.8 Å². The van der Waals surface area contributed by atoms with E-state index in [2.05, 4.69) is 38.5 Å². The third-order valence-electron chi connectivity index (χ3n) is 5.03. The number of hydrogen-bond donors (Lipinski definition) is 8. The van der Waals surface area contributed by atoms with E-state index in [9.17, 15) is 29.4 Å². The van der Waals surface area contributed by atoms with Crippen LogP contribution in [0.4, 0.5) is 0 Å². The SMILES string of the molecule is CCC(C)C(N)C(=O)NC(CS)C(=O)NC(Cc1cnc[nH]1)C(=O)NC(C(=O)O)C(C)O. The second-order valence-electron chi connectivity index (χ2n) is 7.56. The maximum atomic E-state index is 12.8. The Balaban J connectivity index is 2.96.